The molecule has 2 rings (SSSR count). The Hall–Kier alpha value is -0.960. The molecule has 0 aliphatic carbocycles. The first-order valence-corrected chi connectivity index (χ1v) is 8.30. The van der Waals surface area contributed by atoms with Crippen LogP contribution in [0.25, 0.3) is 0 Å². The minimum Gasteiger partial charge on any atom is -0.384 e. The molecular weight excluding hydrogens is 362 g/mol. The molecule has 106 valence electrons. The third kappa shape index (κ3) is 4.55. The molecule has 0 aliphatic rings. The Morgan fingerprint density at radius 3 is 2.85 bits per heavy atom. The Labute approximate surface area is 133 Å². The highest BCUT2D eigenvalue weighted by Crippen LogP contribution is 2.25. The lowest BCUT2D eigenvalue weighted by Gasteiger charge is -2.00. The number of halogens is 1. The number of carbonyl (C=O) groups excluding carboxylic acids is 1. The first-order chi connectivity index (χ1) is 9.69. The van der Waals surface area contributed by atoms with Gasteiger partial charge in [0.15, 0.2) is 4.34 Å². The van der Waals surface area contributed by atoms with Gasteiger partial charge in [-0.3, -0.25) is 10.1 Å². The largest absolute Gasteiger partial charge is 0.384 e. The predicted molar refractivity (Wildman–Crippen MR) is 84.6 cm³/mol. The summed E-state index contributed by atoms with van der Waals surface area (Å²) in [5.41, 5.74) is 0.581. The molecular formula is C12H12BrN3O2S2. The Balaban J connectivity index is 1.92. The molecule has 0 bridgehead atoms. The summed E-state index contributed by atoms with van der Waals surface area (Å²) in [5.74, 6) is 0.619. The van der Waals surface area contributed by atoms with Crippen LogP contribution in [0.2, 0.25) is 0 Å². The van der Waals surface area contributed by atoms with E-state index >= 15 is 0 Å². The van der Waals surface area contributed by atoms with Crippen LogP contribution in [0.15, 0.2) is 33.1 Å². The van der Waals surface area contributed by atoms with Gasteiger partial charge in [-0.15, -0.1) is 10.2 Å². The number of methoxy groups -OCH3 is 1. The zero-order chi connectivity index (χ0) is 14.4. The molecule has 0 atom stereocenters. The van der Waals surface area contributed by atoms with Gasteiger partial charge in [0.1, 0.15) is 0 Å². The van der Waals surface area contributed by atoms with Crippen molar-refractivity contribution in [1.29, 1.82) is 0 Å². The topological polar surface area (TPSA) is 64.1 Å². The van der Waals surface area contributed by atoms with Gasteiger partial charge >= 0.3 is 0 Å². The molecule has 1 aromatic carbocycles. The number of hydrogen-bond donors (Lipinski definition) is 1. The van der Waals surface area contributed by atoms with E-state index in [0.29, 0.717) is 17.3 Å². The maximum Gasteiger partial charge on any atom is 0.257 e. The molecule has 0 fully saturated rings. The molecule has 2 aromatic rings. The smallest absolute Gasteiger partial charge is 0.257 e. The zero-order valence-corrected chi connectivity index (χ0v) is 13.8. The van der Waals surface area contributed by atoms with Crippen LogP contribution in [-0.2, 0) is 4.74 Å². The zero-order valence-electron chi connectivity index (χ0n) is 10.6. The van der Waals surface area contributed by atoms with Crippen molar-refractivity contribution in [3.05, 3.63) is 34.3 Å². The molecule has 1 N–H and O–H groups in total. The van der Waals surface area contributed by atoms with E-state index in [-0.39, 0.29) is 5.91 Å². The lowest BCUT2D eigenvalue weighted by Crippen LogP contribution is -2.11. The van der Waals surface area contributed by atoms with E-state index in [1.165, 1.54) is 11.3 Å². The van der Waals surface area contributed by atoms with Gasteiger partial charge in [0.25, 0.3) is 5.91 Å². The number of ether oxygens (including phenoxy) is 1. The summed E-state index contributed by atoms with van der Waals surface area (Å²) in [6, 6.07) is 7.13. The first kappa shape index (κ1) is 15.4. The Morgan fingerprint density at radius 2 is 2.15 bits per heavy atom. The Bertz CT molecular complexity index is 574. The average Bonchev–Trinajstić information content (AvgIpc) is 2.87. The van der Waals surface area contributed by atoms with Crippen LogP contribution in [0.3, 0.4) is 0 Å². The number of benzene rings is 1. The summed E-state index contributed by atoms with van der Waals surface area (Å²) in [6.07, 6.45) is 0. The second-order valence-corrected chi connectivity index (χ2v) is 6.91. The van der Waals surface area contributed by atoms with Gasteiger partial charge in [0, 0.05) is 22.9 Å². The summed E-state index contributed by atoms with van der Waals surface area (Å²) < 4.78 is 6.71. The van der Waals surface area contributed by atoms with Crippen molar-refractivity contribution >= 4 is 50.1 Å². The highest BCUT2D eigenvalue weighted by atomic mass is 79.9. The standard InChI is InChI=1S/C12H12BrN3O2S2/c1-18-6-7-19-12-16-15-11(20-12)14-10(17)8-2-4-9(13)5-3-8/h2-5H,6-7H2,1H3,(H,14,15,17). The van der Waals surface area contributed by atoms with Gasteiger partial charge in [0.05, 0.1) is 6.61 Å². The quantitative estimate of drug-likeness (QED) is 0.478. The number of nitrogens with one attached hydrogen (secondary N) is 1. The summed E-state index contributed by atoms with van der Waals surface area (Å²) in [7, 11) is 1.66. The fourth-order valence-electron chi connectivity index (χ4n) is 1.30. The van der Waals surface area contributed by atoms with Crippen molar-refractivity contribution in [3.63, 3.8) is 0 Å². The first-order valence-electron chi connectivity index (χ1n) is 5.71. The number of amides is 1. The van der Waals surface area contributed by atoms with E-state index < -0.39 is 0 Å². The van der Waals surface area contributed by atoms with E-state index in [4.69, 9.17) is 4.74 Å². The molecule has 1 aromatic heterocycles. The van der Waals surface area contributed by atoms with Crippen LogP contribution in [0.4, 0.5) is 5.13 Å². The SMILES string of the molecule is COCCSc1nnc(NC(=O)c2ccc(Br)cc2)s1. The molecule has 0 saturated heterocycles. The molecule has 1 amide bonds. The fourth-order valence-corrected chi connectivity index (χ4v) is 3.28. The molecule has 0 saturated carbocycles. The van der Waals surface area contributed by atoms with Crippen LogP contribution < -0.4 is 5.32 Å². The fraction of sp³-hybridized carbons (Fsp3) is 0.250. The molecule has 1 heterocycles. The molecule has 0 unspecified atom stereocenters. The lowest BCUT2D eigenvalue weighted by molar-refractivity contribution is 0.102. The Kier molecular flexibility index (Phi) is 5.96. The van der Waals surface area contributed by atoms with E-state index in [0.717, 1.165) is 14.6 Å². The monoisotopic (exact) mass is 373 g/mol. The van der Waals surface area contributed by atoms with E-state index in [1.807, 2.05) is 12.1 Å². The number of rotatable bonds is 6. The van der Waals surface area contributed by atoms with Crippen LogP contribution in [0, 0.1) is 0 Å². The highest BCUT2D eigenvalue weighted by molar-refractivity contribution is 9.10. The molecule has 5 nitrogen and oxygen atoms in total. The van der Waals surface area contributed by atoms with Gasteiger partial charge in [-0.2, -0.15) is 0 Å². The van der Waals surface area contributed by atoms with Crippen LogP contribution in [0.1, 0.15) is 10.4 Å². The van der Waals surface area contributed by atoms with Gasteiger partial charge in [-0.1, -0.05) is 39.0 Å². The number of hydrogen-bond acceptors (Lipinski definition) is 6. The molecule has 0 spiro atoms. The van der Waals surface area contributed by atoms with Crippen molar-refractivity contribution in [2.24, 2.45) is 0 Å². The van der Waals surface area contributed by atoms with Gasteiger partial charge < -0.3 is 4.74 Å². The molecule has 20 heavy (non-hydrogen) atoms. The van der Waals surface area contributed by atoms with Gasteiger partial charge in [0.2, 0.25) is 5.13 Å². The number of thioether (sulfide) groups is 1. The van der Waals surface area contributed by atoms with Crippen molar-refractivity contribution < 1.29 is 9.53 Å². The summed E-state index contributed by atoms with van der Waals surface area (Å²) in [4.78, 5) is 12.0. The van der Waals surface area contributed by atoms with Crippen molar-refractivity contribution in [2.45, 2.75) is 4.34 Å². The number of nitrogens with zero attached hydrogens (tertiary/aromatic N) is 2. The Morgan fingerprint density at radius 1 is 1.40 bits per heavy atom. The molecule has 8 heteroatoms. The van der Waals surface area contributed by atoms with E-state index in [9.17, 15) is 4.79 Å². The van der Waals surface area contributed by atoms with Crippen molar-refractivity contribution in [2.75, 3.05) is 24.8 Å². The number of carbonyl (C=O) groups is 1. The number of anilines is 1. The lowest BCUT2D eigenvalue weighted by atomic mass is 10.2. The number of aromatic nitrogens is 2. The summed E-state index contributed by atoms with van der Waals surface area (Å²) >= 11 is 6.24. The third-order valence-electron chi connectivity index (χ3n) is 2.25. The minimum absolute atomic E-state index is 0.193. The minimum atomic E-state index is -0.193. The average molecular weight is 374 g/mol. The highest BCUT2D eigenvalue weighted by Gasteiger charge is 2.10. The van der Waals surface area contributed by atoms with Crippen molar-refractivity contribution in [3.8, 4) is 0 Å². The van der Waals surface area contributed by atoms with E-state index in [1.54, 1.807) is 31.0 Å². The summed E-state index contributed by atoms with van der Waals surface area (Å²) in [5, 5.41) is 11.2. The normalized spacial score (nSPS) is 10.5. The second kappa shape index (κ2) is 7.72. The molecule has 0 aliphatic heterocycles. The van der Waals surface area contributed by atoms with Crippen LogP contribution in [0.5, 0.6) is 0 Å². The van der Waals surface area contributed by atoms with Gasteiger partial charge in [-0.25, -0.2) is 0 Å². The maximum atomic E-state index is 12.0. The predicted octanol–water partition coefficient (Wildman–Crippen LogP) is 3.29. The van der Waals surface area contributed by atoms with Crippen LogP contribution >= 0.6 is 39.0 Å². The molecule has 0 radical (unpaired) electrons. The second-order valence-electron chi connectivity index (χ2n) is 3.68. The maximum absolute atomic E-state index is 12.0. The van der Waals surface area contributed by atoms with Crippen molar-refractivity contribution in [1.82, 2.24) is 10.2 Å². The van der Waals surface area contributed by atoms with Crippen LogP contribution in [-0.4, -0.2) is 35.6 Å². The van der Waals surface area contributed by atoms with Gasteiger partial charge in [-0.05, 0) is 24.3 Å². The summed E-state index contributed by atoms with van der Waals surface area (Å²) in [6.45, 7) is 0.658. The van der Waals surface area contributed by atoms with E-state index in [2.05, 4.69) is 31.4 Å². The third-order valence-corrected chi connectivity index (χ3v) is 4.71.